The molecule has 1 aromatic carbocycles. The molecule has 7 heteroatoms. The highest BCUT2D eigenvalue weighted by atomic mass is 35.5. The maximum absolute atomic E-state index is 11.0. The summed E-state index contributed by atoms with van der Waals surface area (Å²) < 4.78 is 0. The number of primary amides is 1. The molecule has 0 radical (unpaired) electrons. The number of anilines is 1. The number of hydrogen-bond acceptors (Lipinski definition) is 2. The Balaban J connectivity index is 3.18. The first-order chi connectivity index (χ1) is 6.93. The van der Waals surface area contributed by atoms with E-state index in [1.54, 1.807) is 0 Å². The Morgan fingerprint density at radius 3 is 2.27 bits per heavy atom. The van der Waals surface area contributed by atoms with Crippen LogP contribution in [0.25, 0.3) is 0 Å². The van der Waals surface area contributed by atoms with Gasteiger partial charge in [0.05, 0.1) is 15.7 Å². The van der Waals surface area contributed by atoms with Gasteiger partial charge in [0.25, 0.3) is 0 Å². The summed E-state index contributed by atoms with van der Waals surface area (Å²) in [6.07, 6.45) is 0. The van der Waals surface area contributed by atoms with E-state index in [2.05, 4.69) is 0 Å². The van der Waals surface area contributed by atoms with Crippen molar-refractivity contribution in [1.29, 1.82) is 5.41 Å². The fourth-order valence-corrected chi connectivity index (χ4v) is 1.30. The van der Waals surface area contributed by atoms with E-state index in [0.717, 1.165) is 4.90 Å². The van der Waals surface area contributed by atoms with Crippen LogP contribution in [0.15, 0.2) is 18.2 Å². The summed E-state index contributed by atoms with van der Waals surface area (Å²) in [4.78, 5) is 11.8. The summed E-state index contributed by atoms with van der Waals surface area (Å²) >= 11 is 11.4. The van der Waals surface area contributed by atoms with Gasteiger partial charge >= 0.3 is 6.03 Å². The van der Waals surface area contributed by atoms with Crippen LogP contribution in [-0.2, 0) is 0 Å². The highest BCUT2D eigenvalue weighted by molar-refractivity contribution is 6.42. The zero-order valence-corrected chi connectivity index (χ0v) is 9.01. The lowest BCUT2D eigenvalue weighted by atomic mass is 10.3. The Labute approximate surface area is 96.1 Å². The molecule has 0 atom stereocenters. The lowest BCUT2D eigenvalue weighted by Crippen LogP contribution is -2.44. The van der Waals surface area contributed by atoms with Crippen molar-refractivity contribution in [3.63, 3.8) is 0 Å². The molecule has 0 saturated carbocycles. The minimum absolute atomic E-state index is 0.252. The number of carbonyl (C=O) groups is 1. The van der Waals surface area contributed by atoms with Crippen LogP contribution in [0.4, 0.5) is 10.5 Å². The molecule has 1 rings (SSSR count). The van der Waals surface area contributed by atoms with Crippen molar-refractivity contribution >= 4 is 40.9 Å². The number of nitrogens with two attached hydrogens (primary N) is 2. The number of guanidine groups is 1. The number of nitrogens with one attached hydrogen (secondary N) is 1. The fourth-order valence-electron chi connectivity index (χ4n) is 1.01. The Bertz CT molecular complexity index is 407. The van der Waals surface area contributed by atoms with E-state index in [0.29, 0.717) is 10.7 Å². The SMILES string of the molecule is N=C(N)N(C(N)=O)c1ccc(Cl)c(Cl)c1. The lowest BCUT2D eigenvalue weighted by molar-refractivity contribution is 0.256. The quantitative estimate of drug-likeness (QED) is 0.520. The summed E-state index contributed by atoms with van der Waals surface area (Å²) in [5.41, 5.74) is 10.5. The van der Waals surface area contributed by atoms with Gasteiger partial charge in [-0.05, 0) is 18.2 Å². The molecule has 2 amide bonds. The van der Waals surface area contributed by atoms with Gasteiger partial charge in [-0.1, -0.05) is 23.2 Å². The summed E-state index contributed by atoms with van der Waals surface area (Å²) in [7, 11) is 0. The van der Waals surface area contributed by atoms with Crippen LogP contribution in [0.2, 0.25) is 10.0 Å². The van der Waals surface area contributed by atoms with Gasteiger partial charge in [-0.15, -0.1) is 0 Å². The zero-order valence-electron chi connectivity index (χ0n) is 7.50. The first-order valence-corrected chi connectivity index (χ1v) is 4.57. The van der Waals surface area contributed by atoms with Crippen molar-refractivity contribution in [3.05, 3.63) is 28.2 Å². The molecule has 0 aliphatic heterocycles. The molecule has 5 N–H and O–H groups in total. The number of hydrogen-bond donors (Lipinski definition) is 3. The molecule has 0 aliphatic rings. The number of rotatable bonds is 1. The highest BCUT2D eigenvalue weighted by Gasteiger charge is 2.16. The minimum atomic E-state index is -0.860. The molecule has 5 nitrogen and oxygen atoms in total. The van der Waals surface area contributed by atoms with Crippen LogP contribution in [-0.4, -0.2) is 12.0 Å². The van der Waals surface area contributed by atoms with E-state index in [9.17, 15) is 4.79 Å². The molecule has 15 heavy (non-hydrogen) atoms. The predicted octanol–water partition coefficient (Wildman–Crippen LogP) is 1.77. The van der Waals surface area contributed by atoms with E-state index in [-0.39, 0.29) is 5.02 Å². The van der Waals surface area contributed by atoms with E-state index in [1.807, 2.05) is 0 Å². The van der Waals surface area contributed by atoms with Gasteiger partial charge < -0.3 is 11.5 Å². The molecule has 0 aliphatic carbocycles. The Kier molecular flexibility index (Phi) is 3.39. The standard InChI is InChI=1S/C8H8Cl2N4O/c9-5-2-1-4(3-6(5)10)14(7(11)12)8(13)15/h1-3H,(H3,11,12)(H2,13,15). The van der Waals surface area contributed by atoms with Crippen LogP contribution in [0, 0.1) is 5.41 Å². The van der Waals surface area contributed by atoms with Crippen LogP contribution in [0.5, 0.6) is 0 Å². The van der Waals surface area contributed by atoms with E-state index >= 15 is 0 Å². The third-order valence-electron chi connectivity index (χ3n) is 1.62. The third-order valence-corrected chi connectivity index (χ3v) is 2.36. The summed E-state index contributed by atoms with van der Waals surface area (Å²) in [5.74, 6) is -0.485. The van der Waals surface area contributed by atoms with Gasteiger partial charge in [0.15, 0.2) is 0 Å². The van der Waals surface area contributed by atoms with Crippen LogP contribution >= 0.6 is 23.2 Å². The second-order valence-corrected chi connectivity index (χ2v) is 3.47. The van der Waals surface area contributed by atoms with Crippen molar-refractivity contribution in [1.82, 2.24) is 0 Å². The van der Waals surface area contributed by atoms with Gasteiger partial charge in [0.2, 0.25) is 5.96 Å². The Morgan fingerprint density at radius 1 is 1.27 bits per heavy atom. The first-order valence-electron chi connectivity index (χ1n) is 3.82. The minimum Gasteiger partial charge on any atom is -0.369 e. The topological polar surface area (TPSA) is 96.2 Å². The summed E-state index contributed by atoms with van der Waals surface area (Å²) in [5, 5.41) is 7.76. The molecular formula is C8H8Cl2N4O. The normalized spacial score (nSPS) is 9.73. The molecular weight excluding hydrogens is 239 g/mol. The second kappa shape index (κ2) is 4.37. The van der Waals surface area contributed by atoms with Crippen molar-refractivity contribution in [2.75, 3.05) is 4.90 Å². The largest absolute Gasteiger partial charge is 0.369 e. The van der Waals surface area contributed by atoms with Crippen molar-refractivity contribution in [2.24, 2.45) is 11.5 Å². The van der Waals surface area contributed by atoms with Gasteiger partial charge in [0.1, 0.15) is 0 Å². The van der Waals surface area contributed by atoms with Crippen molar-refractivity contribution < 1.29 is 4.79 Å². The fraction of sp³-hybridized carbons (Fsp3) is 0. The van der Waals surface area contributed by atoms with Crippen molar-refractivity contribution in [2.45, 2.75) is 0 Å². The van der Waals surface area contributed by atoms with E-state index in [4.69, 9.17) is 40.1 Å². The number of halogens is 2. The molecule has 0 saturated heterocycles. The van der Waals surface area contributed by atoms with Crippen LogP contribution in [0.1, 0.15) is 0 Å². The molecule has 0 heterocycles. The van der Waals surface area contributed by atoms with Crippen LogP contribution in [0.3, 0.4) is 0 Å². The lowest BCUT2D eigenvalue weighted by Gasteiger charge is -2.18. The average molecular weight is 247 g/mol. The number of carbonyl (C=O) groups excluding carboxylic acids is 1. The van der Waals surface area contributed by atoms with Gasteiger partial charge in [-0.2, -0.15) is 0 Å². The maximum Gasteiger partial charge on any atom is 0.326 e. The summed E-state index contributed by atoms with van der Waals surface area (Å²) in [6.45, 7) is 0. The van der Waals surface area contributed by atoms with Crippen LogP contribution < -0.4 is 16.4 Å². The Hall–Kier alpha value is -1.46. The molecule has 0 unspecified atom stereocenters. The molecule has 0 bridgehead atoms. The van der Waals surface area contributed by atoms with E-state index < -0.39 is 12.0 Å². The number of benzene rings is 1. The smallest absolute Gasteiger partial charge is 0.326 e. The summed E-state index contributed by atoms with van der Waals surface area (Å²) in [6, 6.07) is 3.51. The maximum atomic E-state index is 11.0. The first kappa shape index (κ1) is 11.6. The number of urea groups is 1. The highest BCUT2D eigenvalue weighted by Crippen LogP contribution is 2.26. The predicted molar refractivity (Wildman–Crippen MR) is 60.4 cm³/mol. The molecule has 0 spiro atoms. The monoisotopic (exact) mass is 246 g/mol. The molecule has 0 fully saturated rings. The number of nitrogens with zero attached hydrogens (tertiary/aromatic N) is 1. The molecule has 1 aromatic rings. The number of amides is 2. The molecule has 0 aromatic heterocycles. The third kappa shape index (κ3) is 2.51. The van der Waals surface area contributed by atoms with Gasteiger partial charge in [0, 0.05) is 0 Å². The second-order valence-electron chi connectivity index (χ2n) is 2.66. The Morgan fingerprint density at radius 2 is 1.87 bits per heavy atom. The van der Waals surface area contributed by atoms with Gasteiger partial charge in [-0.3, -0.25) is 5.41 Å². The zero-order chi connectivity index (χ0) is 11.6. The van der Waals surface area contributed by atoms with Crippen molar-refractivity contribution in [3.8, 4) is 0 Å². The molecule has 80 valence electrons. The van der Waals surface area contributed by atoms with Gasteiger partial charge in [-0.25, -0.2) is 9.69 Å². The van der Waals surface area contributed by atoms with E-state index in [1.165, 1.54) is 18.2 Å². The average Bonchev–Trinajstić information content (AvgIpc) is 2.10.